The lowest BCUT2D eigenvalue weighted by Crippen LogP contribution is -2.51. The van der Waals surface area contributed by atoms with Gasteiger partial charge in [-0.25, -0.2) is 0 Å². The van der Waals surface area contributed by atoms with Crippen LogP contribution in [-0.4, -0.2) is 60.8 Å². The van der Waals surface area contributed by atoms with E-state index in [-0.39, 0.29) is 17.3 Å². The van der Waals surface area contributed by atoms with Crippen LogP contribution in [-0.2, 0) is 4.74 Å². The molecular formula is C23H32N2O2. The Bertz CT molecular complexity index is 742. The Balaban J connectivity index is 1.49. The van der Waals surface area contributed by atoms with E-state index in [2.05, 4.69) is 67.7 Å². The molecule has 4 rings (SSSR count). The maximum absolute atomic E-state index is 6.67. The number of nitrogens with zero attached hydrogens (tertiary/aromatic N) is 2. The summed E-state index contributed by atoms with van der Waals surface area (Å²) < 4.78 is 13.0. The highest BCUT2D eigenvalue weighted by molar-refractivity contribution is 5.39. The molecule has 0 spiro atoms. The van der Waals surface area contributed by atoms with Gasteiger partial charge in [0.15, 0.2) is 0 Å². The molecule has 1 aromatic rings. The molecule has 0 bridgehead atoms. The molecule has 146 valence electrons. The zero-order valence-electron chi connectivity index (χ0n) is 17.1. The van der Waals surface area contributed by atoms with Crippen LogP contribution in [0.5, 0.6) is 5.75 Å². The third kappa shape index (κ3) is 3.87. The molecule has 0 amide bonds. The van der Waals surface area contributed by atoms with E-state index in [1.807, 2.05) is 6.07 Å². The standard InChI is InChI=1S/C23H32N2O2/c1-22(2)19-10-12-23(3,11-7-13-25-16-14-24(4)15-17-25)27-21(19)18-8-5-6-9-20(18)26-22/h5-6,8-9,19,21H,10,12-17H2,1-4H3/t19-,21-,23+/m0/s1. The molecule has 2 saturated heterocycles. The molecule has 0 aromatic heterocycles. The summed E-state index contributed by atoms with van der Waals surface area (Å²) in [6.07, 6.45) is 2.09. The quantitative estimate of drug-likeness (QED) is 0.710. The molecule has 0 radical (unpaired) electrons. The van der Waals surface area contributed by atoms with Gasteiger partial charge in [-0.3, -0.25) is 4.90 Å². The van der Waals surface area contributed by atoms with E-state index in [1.54, 1.807) is 0 Å². The molecule has 4 heteroatoms. The molecule has 0 unspecified atom stereocenters. The fourth-order valence-corrected chi connectivity index (χ4v) is 4.60. The van der Waals surface area contributed by atoms with Crippen molar-refractivity contribution in [2.24, 2.45) is 5.92 Å². The molecule has 0 N–H and O–H groups in total. The van der Waals surface area contributed by atoms with Crippen LogP contribution in [0, 0.1) is 17.8 Å². The van der Waals surface area contributed by atoms with Crippen molar-refractivity contribution < 1.29 is 9.47 Å². The highest BCUT2D eigenvalue weighted by Gasteiger charge is 2.49. The minimum absolute atomic E-state index is 0.0571. The number of hydrogen-bond donors (Lipinski definition) is 0. The van der Waals surface area contributed by atoms with Gasteiger partial charge in [0.25, 0.3) is 0 Å². The van der Waals surface area contributed by atoms with E-state index in [9.17, 15) is 0 Å². The number of ether oxygens (including phenoxy) is 2. The SMILES string of the molecule is CN1CCN(CC#C[C@]2(C)CC[C@H]3[C@@H](O2)c2ccccc2OC3(C)C)CC1. The minimum Gasteiger partial charge on any atom is -0.487 e. The molecule has 3 aliphatic rings. The summed E-state index contributed by atoms with van der Waals surface area (Å²) in [5.74, 6) is 8.22. The Kier molecular flexibility index (Phi) is 4.96. The first kappa shape index (κ1) is 18.8. The smallest absolute Gasteiger partial charge is 0.126 e. The molecule has 0 saturated carbocycles. The van der Waals surface area contributed by atoms with Crippen LogP contribution < -0.4 is 4.74 Å². The van der Waals surface area contributed by atoms with Crippen LogP contribution in [0.3, 0.4) is 0 Å². The van der Waals surface area contributed by atoms with Crippen molar-refractivity contribution in [1.29, 1.82) is 0 Å². The maximum Gasteiger partial charge on any atom is 0.126 e. The second kappa shape index (κ2) is 7.13. The van der Waals surface area contributed by atoms with Crippen molar-refractivity contribution in [2.75, 3.05) is 39.8 Å². The van der Waals surface area contributed by atoms with Crippen molar-refractivity contribution in [1.82, 2.24) is 9.80 Å². The number of fused-ring (bicyclic) bond motifs is 3. The van der Waals surface area contributed by atoms with Crippen LogP contribution in [0.1, 0.15) is 45.3 Å². The summed E-state index contributed by atoms with van der Waals surface area (Å²) in [5, 5.41) is 0. The molecule has 3 atom stereocenters. The van der Waals surface area contributed by atoms with Crippen LogP contribution in [0.4, 0.5) is 0 Å². The van der Waals surface area contributed by atoms with Gasteiger partial charge in [-0.1, -0.05) is 30.0 Å². The normalized spacial score (nSPS) is 33.2. The first-order valence-electron chi connectivity index (χ1n) is 10.2. The van der Waals surface area contributed by atoms with Gasteiger partial charge in [0.1, 0.15) is 17.0 Å². The van der Waals surface area contributed by atoms with Crippen molar-refractivity contribution in [3.63, 3.8) is 0 Å². The van der Waals surface area contributed by atoms with Crippen LogP contribution in [0.2, 0.25) is 0 Å². The summed E-state index contributed by atoms with van der Waals surface area (Å²) >= 11 is 0. The van der Waals surface area contributed by atoms with Crippen LogP contribution in [0.15, 0.2) is 24.3 Å². The predicted molar refractivity (Wildman–Crippen MR) is 108 cm³/mol. The Hall–Kier alpha value is -1.54. The highest BCUT2D eigenvalue weighted by atomic mass is 16.5. The summed E-state index contributed by atoms with van der Waals surface area (Å²) in [6, 6.07) is 8.31. The van der Waals surface area contributed by atoms with E-state index in [0.717, 1.165) is 51.3 Å². The predicted octanol–water partition coefficient (Wildman–Crippen LogP) is 3.33. The van der Waals surface area contributed by atoms with E-state index in [0.29, 0.717) is 5.92 Å². The lowest BCUT2D eigenvalue weighted by Gasteiger charge is -2.50. The molecule has 1 aromatic carbocycles. The molecule has 3 aliphatic heterocycles. The summed E-state index contributed by atoms with van der Waals surface area (Å²) in [6.45, 7) is 11.8. The van der Waals surface area contributed by atoms with Gasteiger partial charge < -0.3 is 14.4 Å². The topological polar surface area (TPSA) is 24.9 Å². The molecule has 2 fully saturated rings. The molecule has 0 aliphatic carbocycles. The van der Waals surface area contributed by atoms with E-state index >= 15 is 0 Å². The number of hydrogen-bond acceptors (Lipinski definition) is 4. The van der Waals surface area contributed by atoms with Crippen LogP contribution >= 0.6 is 0 Å². The maximum atomic E-state index is 6.67. The second-order valence-corrected chi connectivity index (χ2v) is 9.04. The lowest BCUT2D eigenvalue weighted by molar-refractivity contribution is -0.169. The first-order chi connectivity index (χ1) is 12.9. The van der Waals surface area contributed by atoms with Crippen LogP contribution in [0.25, 0.3) is 0 Å². The Morgan fingerprint density at radius 3 is 2.63 bits per heavy atom. The number of benzene rings is 1. The largest absolute Gasteiger partial charge is 0.487 e. The molecule has 3 heterocycles. The summed E-state index contributed by atoms with van der Waals surface area (Å²) in [5.41, 5.74) is 0.579. The average molecular weight is 369 g/mol. The van der Waals surface area contributed by atoms with Gasteiger partial charge in [0.2, 0.25) is 0 Å². The van der Waals surface area contributed by atoms with Gasteiger partial charge in [-0.2, -0.15) is 0 Å². The van der Waals surface area contributed by atoms with Gasteiger partial charge in [0.05, 0.1) is 12.6 Å². The first-order valence-corrected chi connectivity index (χ1v) is 10.2. The van der Waals surface area contributed by atoms with E-state index < -0.39 is 0 Å². The van der Waals surface area contributed by atoms with Crippen molar-refractivity contribution in [2.45, 2.75) is 50.9 Å². The number of piperazine rings is 1. The van der Waals surface area contributed by atoms with Gasteiger partial charge in [-0.15, -0.1) is 0 Å². The summed E-state index contributed by atoms with van der Waals surface area (Å²) in [7, 11) is 2.18. The van der Waals surface area contributed by atoms with Crippen molar-refractivity contribution in [3.05, 3.63) is 29.8 Å². The zero-order valence-corrected chi connectivity index (χ0v) is 17.1. The average Bonchev–Trinajstić information content (AvgIpc) is 2.63. The highest BCUT2D eigenvalue weighted by Crippen LogP contribution is 2.52. The van der Waals surface area contributed by atoms with Gasteiger partial charge in [0, 0.05) is 37.7 Å². The Labute approximate surface area is 163 Å². The molecule has 27 heavy (non-hydrogen) atoms. The third-order valence-electron chi connectivity index (χ3n) is 6.43. The zero-order chi connectivity index (χ0) is 19.1. The third-order valence-corrected chi connectivity index (χ3v) is 6.43. The molecular weight excluding hydrogens is 336 g/mol. The number of para-hydroxylation sites is 1. The Morgan fingerprint density at radius 2 is 1.85 bits per heavy atom. The monoisotopic (exact) mass is 368 g/mol. The fraction of sp³-hybridized carbons (Fsp3) is 0.652. The number of likely N-dealkylation sites (N-methyl/N-ethyl adjacent to an activating group) is 1. The fourth-order valence-electron chi connectivity index (χ4n) is 4.60. The Morgan fingerprint density at radius 1 is 1.11 bits per heavy atom. The minimum atomic E-state index is -0.381. The second-order valence-electron chi connectivity index (χ2n) is 9.04. The summed E-state index contributed by atoms with van der Waals surface area (Å²) in [4.78, 5) is 4.81. The van der Waals surface area contributed by atoms with Gasteiger partial charge in [-0.05, 0) is 46.7 Å². The number of rotatable bonds is 1. The van der Waals surface area contributed by atoms with E-state index in [1.165, 1.54) is 5.56 Å². The van der Waals surface area contributed by atoms with Gasteiger partial charge >= 0.3 is 0 Å². The van der Waals surface area contributed by atoms with Crippen molar-refractivity contribution in [3.8, 4) is 17.6 Å². The van der Waals surface area contributed by atoms with E-state index in [4.69, 9.17) is 9.47 Å². The molecule has 4 nitrogen and oxygen atoms in total. The lowest BCUT2D eigenvalue weighted by atomic mass is 9.73. The van der Waals surface area contributed by atoms with Crippen molar-refractivity contribution >= 4 is 0 Å².